The molecule has 3 rings (SSSR count). The first-order valence-corrected chi connectivity index (χ1v) is 7.39. The molecule has 1 aliphatic heterocycles. The number of nitrogens with one attached hydrogen (secondary N) is 1. The minimum Gasteiger partial charge on any atom is -0.324 e. The highest BCUT2D eigenvalue weighted by Crippen LogP contribution is 2.36. The van der Waals surface area contributed by atoms with Crippen molar-refractivity contribution in [2.45, 2.75) is 26.2 Å². The van der Waals surface area contributed by atoms with Gasteiger partial charge in [0.15, 0.2) is 5.82 Å². The number of aryl methyl sites for hydroxylation is 2. The molecule has 110 valence electrons. The summed E-state index contributed by atoms with van der Waals surface area (Å²) in [7, 11) is 1.94. The molecule has 0 unspecified atom stereocenters. The minimum atomic E-state index is 0.0556. The van der Waals surface area contributed by atoms with E-state index in [2.05, 4.69) is 34.4 Å². The maximum absolute atomic E-state index is 12.0. The highest BCUT2D eigenvalue weighted by atomic mass is 16.1. The van der Waals surface area contributed by atoms with E-state index in [-0.39, 0.29) is 5.91 Å². The standard InChI is InChI=1S/C16H20N4O/c1-3-7-13-15-16(19(2)18-13)20(11-10-14(21)17-15)12-8-5-4-6-9-12/h4-6,8-9H,3,7,10-11H2,1-2H3,(H,17,21). The van der Waals surface area contributed by atoms with E-state index in [0.29, 0.717) is 13.0 Å². The van der Waals surface area contributed by atoms with Crippen molar-refractivity contribution in [1.29, 1.82) is 0 Å². The van der Waals surface area contributed by atoms with Crippen LogP contribution in [0.15, 0.2) is 30.3 Å². The van der Waals surface area contributed by atoms with E-state index >= 15 is 0 Å². The van der Waals surface area contributed by atoms with Crippen molar-refractivity contribution < 1.29 is 4.79 Å². The first-order valence-electron chi connectivity index (χ1n) is 7.39. The van der Waals surface area contributed by atoms with Crippen molar-refractivity contribution in [1.82, 2.24) is 9.78 Å². The fourth-order valence-corrected chi connectivity index (χ4v) is 2.80. The van der Waals surface area contributed by atoms with E-state index in [1.54, 1.807) is 0 Å². The van der Waals surface area contributed by atoms with Crippen molar-refractivity contribution in [3.05, 3.63) is 36.0 Å². The second kappa shape index (κ2) is 5.60. The van der Waals surface area contributed by atoms with Gasteiger partial charge in [0, 0.05) is 25.7 Å². The lowest BCUT2D eigenvalue weighted by Crippen LogP contribution is -2.21. The number of hydrogen-bond acceptors (Lipinski definition) is 3. The predicted octanol–water partition coefficient (Wildman–Crippen LogP) is 2.85. The Morgan fingerprint density at radius 3 is 2.76 bits per heavy atom. The Bertz CT molecular complexity index is 648. The molecule has 1 aromatic carbocycles. The number of nitrogens with zero attached hydrogens (tertiary/aromatic N) is 3. The van der Waals surface area contributed by atoms with E-state index in [0.717, 1.165) is 35.7 Å². The number of carbonyl (C=O) groups is 1. The lowest BCUT2D eigenvalue weighted by Gasteiger charge is -2.23. The van der Waals surface area contributed by atoms with Crippen LogP contribution in [0.5, 0.6) is 0 Å². The zero-order chi connectivity index (χ0) is 14.8. The molecule has 2 heterocycles. The maximum Gasteiger partial charge on any atom is 0.226 e. The number of rotatable bonds is 3. The fraction of sp³-hybridized carbons (Fsp3) is 0.375. The molecule has 0 aliphatic carbocycles. The van der Waals surface area contributed by atoms with Gasteiger partial charge in [0.1, 0.15) is 5.69 Å². The average molecular weight is 284 g/mol. The van der Waals surface area contributed by atoms with Crippen LogP contribution in [0, 0.1) is 0 Å². The van der Waals surface area contributed by atoms with Crippen LogP contribution < -0.4 is 10.2 Å². The summed E-state index contributed by atoms with van der Waals surface area (Å²) in [5, 5.41) is 7.63. The molecule has 0 bridgehead atoms. The third-order valence-corrected chi connectivity index (χ3v) is 3.73. The van der Waals surface area contributed by atoms with Crippen LogP contribution >= 0.6 is 0 Å². The molecule has 1 N–H and O–H groups in total. The van der Waals surface area contributed by atoms with Gasteiger partial charge >= 0.3 is 0 Å². The predicted molar refractivity (Wildman–Crippen MR) is 83.9 cm³/mol. The number of fused-ring (bicyclic) bond motifs is 1. The highest BCUT2D eigenvalue weighted by Gasteiger charge is 2.27. The summed E-state index contributed by atoms with van der Waals surface area (Å²) < 4.78 is 1.87. The molecule has 21 heavy (non-hydrogen) atoms. The topological polar surface area (TPSA) is 50.2 Å². The second-order valence-corrected chi connectivity index (χ2v) is 5.30. The van der Waals surface area contributed by atoms with Crippen LogP contribution in [0.3, 0.4) is 0 Å². The Hall–Kier alpha value is -2.30. The highest BCUT2D eigenvalue weighted by molar-refractivity contribution is 5.97. The Morgan fingerprint density at radius 2 is 2.05 bits per heavy atom. The maximum atomic E-state index is 12.0. The first-order chi connectivity index (χ1) is 10.2. The number of benzene rings is 1. The van der Waals surface area contributed by atoms with Gasteiger partial charge in [-0.1, -0.05) is 31.5 Å². The van der Waals surface area contributed by atoms with E-state index in [4.69, 9.17) is 0 Å². The molecule has 1 amide bonds. The van der Waals surface area contributed by atoms with Crippen LogP contribution in [-0.4, -0.2) is 22.2 Å². The molecular weight excluding hydrogens is 264 g/mol. The molecule has 1 aromatic heterocycles. The van der Waals surface area contributed by atoms with Crippen molar-refractivity contribution >= 4 is 23.1 Å². The molecule has 0 spiro atoms. The number of anilines is 3. The largest absolute Gasteiger partial charge is 0.324 e. The molecule has 0 saturated heterocycles. The van der Waals surface area contributed by atoms with Gasteiger partial charge < -0.3 is 10.2 Å². The smallest absolute Gasteiger partial charge is 0.226 e. The van der Waals surface area contributed by atoms with Crippen molar-refractivity contribution in [3.8, 4) is 0 Å². The summed E-state index contributed by atoms with van der Waals surface area (Å²) in [6, 6.07) is 10.1. The summed E-state index contributed by atoms with van der Waals surface area (Å²) in [6.07, 6.45) is 2.35. The minimum absolute atomic E-state index is 0.0556. The fourth-order valence-electron chi connectivity index (χ4n) is 2.80. The Morgan fingerprint density at radius 1 is 1.29 bits per heavy atom. The van der Waals surface area contributed by atoms with Crippen LogP contribution in [0.1, 0.15) is 25.5 Å². The van der Waals surface area contributed by atoms with Gasteiger partial charge in [-0.2, -0.15) is 5.10 Å². The van der Waals surface area contributed by atoms with Gasteiger partial charge in [-0.15, -0.1) is 0 Å². The Balaban J connectivity index is 2.11. The third-order valence-electron chi connectivity index (χ3n) is 3.73. The van der Waals surface area contributed by atoms with Crippen LogP contribution in [0.25, 0.3) is 0 Å². The molecular formula is C16H20N4O. The van der Waals surface area contributed by atoms with Crippen LogP contribution in [0.2, 0.25) is 0 Å². The lowest BCUT2D eigenvalue weighted by molar-refractivity contribution is -0.115. The molecule has 5 heteroatoms. The average Bonchev–Trinajstić information content (AvgIpc) is 2.68. The lowest BCUT2D eigenvalue weighted by atomic mass is 10.2. The molecule has 1 aliphatic rings. The van der Waals surface area contributed by atoms with Crippen molar-refractivity contribution in [2.75, 3.05) is 16.8 Å². The summed E-state index contributed by atoms with van der Waals surface area (Å²) in [4.78, 5) is 14.2. The van der Waals surface area contributed by atoms with E-state index in [1.165, 1.54) is 0 Å². The monoisotopic (exact) mass is 284 g/mol. The Labute approximate surface area is 124 Å². The third kappa shape index (κ3) is 2.51. The van der Waals surface area contributed by atoms with Crippen LogP contribution in [0.4, 0.5) is 17.2 Å². The van der Waals surface area contributed by atoms with E-state index in [9.17, 15) is 4.79 Å². The molecule has 0 fully saturated rings. The summed E-state index contributed by atoms with van der Waals surface area (Å²) in [6.45, 7) is 2.78. The van der Waals surface area contributed by atoms with E-state index < -0.39 is 0 Å². The quantitative estimate of drug-likeness (QED) is 0.943. The van der Waals surface area contributed by atoms with Crippen molar-refractivity contribution in [2.24, 2.45) is 7.05 Å². The molecule has 5 nitrogen and oxygen atoms in total. The SMILES string of the molecule is CCCc1nn(C)c2c1NC(=O)CCN2c1ccccc1. The van der Waals surface area contributed by atoms with Crippen LogP contribution in [-0.2, 0) is 18.3 Å². The molecule has 2 aromatic rings. The molecule has 0 saturated carbocycles. The van der Waals surface area contributed by atoms with Gasteiger partial charge in [0.25, 0.3) is 0 Å². The summed E-state index contributed by atoms with van der Waals surface area (Å²) >= 11 is 0. The number of amides is 1. The van der Waals surface area contributed by atoms with Gasteiger partial charge in [-0.3, -0.25) is 9.48 Å². The molecule has 0 atom stereocenters. The van der Waals surface area contributed by atoms with Gasteiger partial charge in [0.05, 0.1) is 5.69 Å². The Kier molecular flexibility index (Phi) is 3.64. The zero-order valence-electron chi connectivity index (χ0n) is 12.5. The number of aromatic nitrogens is 2. The number of para-hydroxylation sites is 1. The van der Waals surface area contributed by atoms with Gasteiger partial charge in [0.2, 0.25) is 5.91 Å². The number of carbonyl (C=O) groups excluding carboxylic acids is 1. The number of hydrogen-bond donors (Lipinski definition) is 1. The first kappa shape index (κ1) is 13.7. The second-order valence-electron chi connectivity index (χ2n) is 5.30. The summed E-state index contributed by atoms with van der Waals surface area (Å²) in [5.41, 5.74) is 2.91. The summed E-state index contributed by atoms with van der Waals surface area (Å²) in [5.74, 6) is 1.02. The van der Waals surface area contributed by atoms with E-state index in [1.807, 2.05) is 29.9 Å². The van der Waals surface area contributed by atoms with Crippen molar-refractivity contribution in [3.63, 3.8) is 0 Å². The van der Waals surface area contributed by atoms with Gasteiger partial charge in [-0.25, -0.2) is 0 Å². The zero-order valence-corrected chi connectivity index (χ0v) is 12.5. The van der Waals surface area contributed by atoms with Gasteiger partial charge in [-0.05, 0) is 18.6 Å². The molecule has 0 radical (unpaired) electrons. The normalized spacial score (nSPS) is 14.6.